The second-order valence-electron chi connectivity index (χ2n) is 7.34. The number of aromatic nitrogens is 4. The van der Waals surface area contributed by atoms with Crippen molar-refractivity contribution in [3.8, 4) is 23.0 Å². The van der Waals surface area contributed by atoms with Crippen molar-refractivity contribution in [3.05, 3.63) is 40.3 Å². The van der Waals surface area contributed by atoms with Gasteiger partial charge in [0.05, 0.1) is 17.7 Å². The van der Waals surface area contributed by atoms with E-state index in [0.717, 1.165) is 12.1 Å². The van der Waals surface area contributed by atoms with Crippen LogP contribution in [0.3, 0.4) is 0 Å². The zero-order valence-electron chi connectivity index (χ0n) is 17.2. The first-order chi connectivity index (χ1) is 14.2. The lowest BCUT2D eigenvalue weighted by Gasteiger charge is -2.25. The van der Waals surface area contributed by atoms with Crippen molar-refractivity contribution in [2.24, 2.45) is 5.92 Å². The van der Waals surface area contributed by atoms with Crippen LogP contribution in [0.1, 0.15) is 31.7 Å². The van der Waals surface area contributed by atoms with E-state index in [2.05, 4.69) is 26.9 Å². The molecule has 0 saturated heterocycles. The largest absolute Gasteiger partial charge is 0.395 e. The molecule has 0 unspecified atom stereocenters. The lowest BCUT2D eigenvalue weighted by molar-refractivity contribution is 0.305. The third-order valence-corrected chi connectivity index (χ3v) is 4.56. The summed E-state index contributed by atoms with van der Waals surface area (Å²) in [7, 11) is 1.80. The number of fused-ring (bicyclic) bond motifs is 1. The minimum absolute atomic E-state index is 0.0718. The number of hydrogen-bond donors (Lipinski definition) is 1. The van der Waals surface area contributed by atoms with Gasteiger partial charge in [0.2, 0.25) is 0 Å². The number of halogens is 3. The van der Waals surface area contributed by atoms with E-state index < -0.39 is 11.6 Å². The quantitative estimate of drug-likeness (QED) is 0.489. The van der Waals surface area contributed by atoms with Gasteiger partial charge in [-0.2, -0.15) is 14.5 Å². The molecule has 0 fully saturated rings. The minimum atomic E-state index is -0.817. The Morgan fingerprint density at radius 2 is 1.87 bits per heavy atom. The topological polar surface area (TPSA) is 66.6 Å². The predicted molar refractivity (Wildman–Crippen MR) is 113 cm³/mol. The Labute approximate surface area is 178 Å². The van der Waals surface area contributed by atoms with Crippen LogP contribution in [0.25, 0.3) is 16.9 Å². The maximum atomic E-state index is 15.1. The number of rotatable bonds is 5. The fourth-order valence-electron chi connectivity index (χ4n) is 3.27. The van der Waals surface area contributed by atoms with Gasteiger partial charge in [0.15, 0.2) is 0 Å². The van der Waals surface area contributed by atoms with Crippen LogP contribution in [0.15, 0.2) is 12.1 Å². The van der Waals surface area contributed by atoms with E-state index in [0.29, 0.717) is 18.2 Å². The van der Waals surface area contributed by atoms with Crippen molar-refractivity contribution in [2.45, 2.75) is 27.2 Å². The molecule has 2 aromatic heterocycles. The van der Waals surface area contributed by atoms with E-state index in [1.165, 1.54) is 4.52 Å². The molecule has 9 heteroatoms. The predicted octanol–water partition coefficient (Wildman–Crippen LogP) is 3.86. The van der Waals surface area contributed by atoms with Gasteiger partial charge in [-0.1, -0.05) is 37.3 Å². The summed E-state index contributed by atoms with van der Waals surface area (Å²) in [6.45, 7) is 6.23. The Morgan fingerprint density at radius 1 is 1.20 bits per heavy atom. The van der Waals surface area contributed by atoms with Gasteiger partial charge in [-0.15, -0.1) is 5.10 Å². The second-order valence-corrected chi connectivity index (χ2v) is 7.69. The first-order valence-corrected chi connectivity index (χ1v) is 9.83. The van der Waals surface area contributed by atoms with Crippen LogP contribution in [-0.2, 0) is 0 Å². The van der Waals surface area contributed by atoms with Crippen LogP contribution >= 0.6 is 11.6 Å². The Hall–Kier alpha value is -2.76. The van der Waals surface area contributed by atoms with E-state index in [-0.39, 0.29) is 46.6 Å². The number of nitrogens with zero attached hydrogens (tertiary/aromatic N) is 5. The summed E-state index contributed by atoms with van der Waals surface area (Å²) in [4.78, 5) is 10.3. The van der Waals surface area contributed by atoms with Crippen molar-refractivity contribution in [3.63, 3.8) is 0 Å². The standard InChI is InChI=1S/C21H22ClF2N5O/c1-12(2)11-28(4)20-18(19(22)26-21-25-13(3)27-29(20)21)17-15(23)9-14(10-16(17)24)7-5-6-8-30/h9-10,12,30H,6,8,11H2,1-4H3. The molecule has 6 nitrogen and oxygen atoms in total. The van der Waals surface area contributed by atoms with Crippen LogP contribution in [0.4, 0.5) is 14.6 Å². The van der Waals surface area contributed by atoms with Gasteiger partial charge in [0.25, 0.3) is 5.78 Å². The van der Waals surface area contributed by atoms with E-state index in [9.17, 15) is 0 Å². The van der Waals surface area contributed by atoms with Gasteiger partial charge in [0, 0.05) is 25.6 Å². The Morgan fingerprint density at radius 3 is 2.47 bits per heavy atom. The Kier molecular flexibility index (Phi) is 6.54. The number of aliphatic hydroxyl groups excluding tert-OH is 1. The third kappa shape index (κ3) is 4.37. The van der Waals surface area contributed by atoms with Gasteiger partial charge in [-0.25, -0.2) is 8.78 Å². The zero-order valence-corrected chi connectivity index (χ0v) is 17.9. The van der Waals surface area contributed by atoms with E-state index in [4.69, 9.17) is 16.7 Å². The van der Waals surface area contributed by atoms with Gasteiger partial charge >= 0.3 is 0 Å². The highest BCUT2D eigenvalue weighted by Crippen LogP contribution is 2.39. The number of anilines is 1. The van der Waals surface area contributed by atoms with Crippen molar-refractivity contribution in [1.82, 2.24) is 19.6 Å². The fourth-order valence-corrected chi connectivity index (χ4v) is 3.52. The highest BCUT2D eigenvalue weighted by molar-refractivity contribution is 6.33. The second kappa shape index (κ2) is 8.94. The molecule has 158 valence electrons. The molecule has 30 heavy (non-hydrogen) atoms. The van der Waals surface area contributed by atoms with Crippen molar-refractivity contribution >= 4 is 23.2 Å². The SMILES string of the molecule is Cc1nc2nc(Cl)c(-c3c(F)cc(C#CCCO)cc3F)c(N(C)CC(C)C)n2n1. The molecule has 0 aliphatic carbocycles. The summed E-state index contributed by atoms with van der Waals surface area (Å²) < 4.78 is 31.6. The molecular weight excluding hydrogens is 412 g/mol. The molecule has 2 heterocycles. The molecular formula is C21H22ClF2N5O. The van der Waals surface area contributed by atoms with Crippen LogP contribution in [0, 0.1) is 36.3 Å². The molecule has 0 aliphatic heterocycles. The molecule has 1 aromatic carbocycles. The lowest BCUT2D eigenvalue weighted by atomic mass is 10.0. The van der Waals surface area contributed by atoms with Crippen molar-refractivity contribution in [2.75, 3.05) is 25.1 Å². The Bertz CT molecular complexity index is 1130. The summed E-state index contributed by atoms with van der Waals surface area (Å²) in [5.74, 6) is 5.04. The average Bonchev–Trinajstić information content (AvgIpc) is 3.00. The molecule has 3 rings (SSSR count). The molecule has 0 saturated carbocycles. The highest BCUT2D eigenvalue weighted by atomic mass is 35.5. The zero-order chi connectivity index (χ0) is 22.0. The molecule has 0 aliphatic rings. The van der Waals surface area contributed by atoms with Crippen LogP contribution in [-0.4, -0.2) is 44.9 Å². The minimum Gasteiger partial charge on any atom is -0.395 e. The fraction of sp³-hybridized carbons (Fsp3) is 0.381. The third-order valence-electron chi connectivity index (χ3n) is 4.29. The molecule has 0 atom stereocenters. The van der Waals surface area contributed by atoms with Crippen molar-refractivity contribution in [1.29, 1.82) is 0 Å². The highest BCUT2D eigenvalue weighted by Gasteiger charge is 2.26. The van der Waals surface area contributed by atoms with Crippen molar-refractivity contribution < 1.29 is 13.9 Å². The van der Waals surface area contributed by atoms with E-state index >= 15 is 8.78 Å². The number of benzene rings is 1. The monoisotopic (exact) mass is 433 g/mol. The van der Waals surface area contributed by atoms with E-state index in [1.807, 2.05) is 18.7 Å². The van der Waals surface area contributed by atoms with Crippen LogP contribution < -0.4 is 4.90 Å². The normalized spacial score (nSPS) is 11.1. The summed E-state index contributed by atoms with van der Waals surface area (Å²) in [5.41, 5.74) is -0.0380. The first kappa shape index (κ1) is 21.9. The molecule has 0 radical (unpaired) electrons. The summed E-state index contributed by atoms with van der Waals surface area (Å²) >= 11 is 6.41. The van der Waals surface area contributed by atoms with Crippen LogP contribution in [0.2, 0.25) is 5.15 Å². The molecule has 3 aromatic rings. The molecule has 0 amide bonds. The Balaban J connectivity index is 2.28. The first-order valence-electron chi connectivity index (χ1n) is 9.46. The molecule has 1 N–H and O–H groups in total. The smallest absolute Gasteiger partial charge is 0.255 e. The lowest BCUT2D eigenvalue weighted by Crippen LogP contribution is -2.26. The van der Waals surface area contributed by atoms with Crippen LogP contribution in [0.5, 0.6) is 0 Å². The average molecular weight is 434 g/mol. The van der Waals surface area contributed by atoms with Gasteiger partial charge in [0.1, 0.15) is 28.4 Å². The van der Waals surface area contributed by atoms with Gasteiger partial charge < -0.3 is 10.0 Å². The maximum Gasteiger partial charge on any atom is 0.255 e. The summed E-state index contributed by atoms with van der Waals surface area (Å²) in [6.07, 6.45) is 0.215. The maximum absolute atomic E-state index is 15.1. The summed E-state index contributed by atoms with van der Waals surface area (Å²) in [5, 5.41) is 13.1. The summed E-state index contributed by atoms with van der Waals surface area (Å²) in [6, 6.07) is 2.28. The molecule has 0 spiro atoms. The number of hydrogen-bond acceptors (Lipinski definition) is 5. The van der Waals surface area contributed by atoms with E-state index in [1.54, 1.807) is 14.0 Å². The number of aryl methyl sites for hydroxylation is 1. The number of aliphatic hydroxyl groups is 1. The van der Waals surface area contributed by atoms with Gasteiger partial charge in [-0.3, -0.25) is 0 Å². The van der Waals surface area contributed by atoms with Gasteiger partial charge in [-0.05, 0) is 25.0 Å². The molecule has 0 bridgehead atoms.